The number of imidazole rings is 1. The molecule has 0 aliphatic heterocycles. The van der Waals surface area contributed by atoms with Gasteiger partial charge in [-0.3, -0.25) is 0 Å². The van der Waals surface area contributed by atoms with E-state index < -0.39 is 0 Å². The van der Waals surface area contributed by atoms with Gasteiger partial charge in [-0.15, -0.1) is 0 Å². The molecule has 0 bridgehead atoms. The number of aryl methyl sites for hydroxylation is 1. The maximum absolute atomic E-state index is 2.45. The molecule has 1 aromatic heterocycles. The van der Waals surface area contributed by atoms with E-state index in [0.29, 0.717) is 6.04 Å². The second kappa shape index (κ2) is 18.0. The van der Waals surface area contributed by atoms with Crippen molar-refractivity contribution in [3.8, 4) is 0 Å². The van der Waals surface area contributed by atoms with Gasteiger partial charge in [0.1, 0.15) is 12.4 Å². The molecule has 0 amide bonds. The van der Waals surface area contributed by atoms with Gasteiger partial charge in [0.05, 0.1) is 12.6 Å². The molecule has 0 fully saturated rings. The number of hydrogen-bond acceptors (Lipinski definition) is 0. The van der Waals surface area contributed by atoms with Crippen molar-refractivity contribution in [3.63, 3.8) is 0 Å². The Bertz CT molecular complexity index is 475. The summed E-state index contributed by atoms with van der Waals surface area (Å²) in [6, 6.07) is 0.573. The minimum Gasteiger partial charge on any atom is -0.235 e. The van der Waals surface area contributed by atoms with Crippen LogP contribution in [0.2, 0.25) is 0 Å². The van der Waals surface area contributed by atoms with Crippen LogP contribution < -0.4 is 4.57 Å². The Labute approximate surface area is 183 Å². The highest BCUT2D eigenvalue weighted by molar-refractivity contribution is 4.86. The second-order valence-electron chi connectivity index (χ2n) is 9.41. The predicted octanol–water partition coefficient (Wildman–Crippen LogP) is 8.57. The summed E-state index contributed by atoms with van der Waals surface area (Å²) in [7, 11) is 0. The van der Waals surface area contributed by atoms with E-state index >= 15 is 0 Å². The Balaban J connectivity index is 1.88. The predicted molar refractivity (Wildman–Crippen MR) is 129 cm³/mol. The van der Waals surface area contributed by atoms with Crippen LogP contribution in [0.4, 0.5) is 0 Å². The van der Waals surface area contributed by atoms with E-state index in [1.165, 1.54) is 121 Å². The summed E-state index contributed by atoms with van der Waals surface area (Å²) in [6.45, 7) is 10.2. The van der Waals surface area contributed by atoms with Gasteiger partial charge in [-0.05, 0) is 27.2 Å². The van der Waals surface area contributed by atoms with Crippen molar-refractivity contribution in [3.05, 3.63) is 18.2 Å². The number of unbranched alkanes of at least 4 members (excludes halogenated alkanes) is 16. The van der Waals surface area contributed by atoms with Gasteiger partial charge in [0.25, 0.3) is 5.82 Å². The van der Waals surface area contributed by atoms with Crippen LogP contribution in [0, 0.1) is 0 Å². The van der Waals surface area contributed by atoms with E-state index in [4.69, 9.17) is 0 Å². The van der Waals surface area contributed by atoms with Crippen LogP contribution >= 0.6 is 0 Å². The maximum atomic E-state index is 2.45. The van der Waals surface area contributed by atoms with Crippen molar-refractivity contribution in [2.24, 2.45) is 0 Å². The maximum Gasteiger partial charge on any atom is 0.256 e. The highest BCUT2D eigenvalue weighted by Gasteiger charge is 2.17. The largest absolute Gasteiger partial charge is 0.256 e. The Kier molecular flexibility index (Phi) is 16.3. The molecule has 29 heavy (non-hydrogen) atoms. The highest BCUT2D eigenvalue weighted by Crippen LogP contribution is 2.15. The summed E-state index contributed by atoms with van der Waals surface area (Å²) in [5, 5.41) is 0. The van der Waals surface area contributed by atoms with E-state index in [0.717, 1.165) is 6.54 Å². The van der Waals surface area contributed by atoms with E-state index in [-0.39, 0.29) is 0 Å². The second-order valence-corrected chi connectivity index (χ2v) is 9.41. The summed E-state index contributed by atoms with van der Waals surface area (Å²) in [4.78, 5) is 0. The van der Waals surface area contributed by atoms with E-state index in [9.17, 15) is 0 Å². The van der Waals surface area contributed by atoms with Crippen molar-refractivity contribution in [2.45, 2.75) is 156 Å². The van der Waals surface area contributed by atoms with Crippen molar-refractivity contribution >= 4 is 0 Å². The minimum atomic E-state index is 0.573. The van der Waals surface area contributed by atoms with Crippen LogP contribution in [0.1, 0.15) is 149 Å². The lowest BCUT2D eigenvalue weighted by atomic mass is 10.0. The molecule has 0 N–H and O–H groups in total. The zero-order valence-corrected chi connectivity index (χ0v) is 20.6. The normalized spacial score (nSPS) is 11.6. The molecule has 0 aromatic carbocycles. The third kappa shape index (κ3) is 12.5. The third-order valence-electron chi connectivity index (χ3n) is 6.44. The molecule has 0 saturated carbocycles. The molecule has 0 aliphatic carbocycles. The lowest BCUT2D eigenvalue weighted by Crippen LogP contribution is -2.36. The average Bonchev–Trinajstić information content (AvgIpc) is 3.13. The first-order chi connectivity index (χ1) is 14.2. The molecule has 170 valence electrons. The molecule has 2 heteroatoms. The first-order valence-corrected chi connectivity index (χ1v) is 13.3. The van der Waals surface area contributed by atoms with Gasteiger partial charge < -0.3 is 0 Å². The monoisotopic (exact) mass is 405 g/mol. The first-order valence-electron chi connectivity index (χ1n) is 13.3. The molecule has 0 aliphatic rings. The fraction of sp³-hybridized carbons (Fsp3) is 0.889. The van der Waals surface area contributed by atoms with Crippen LogP contribution in [0.15, 0.2) is 12.4 Å². The summed E-state index contributed by atoms with van der Waals surface area (Å²) in [5.74, 6) is 1.52. The molecule has 0 spiro atoms. The van der Waals surface area contributed by atoms with Gasteiger partial charge in [-0.25, -0.2) is 9.13 Å². The van der Waals surface area contributed by atoms with Crippen LogP contribution in [0.5, 0.6) is 0 Å². The standard InChI is InChI=1S/C27H53N2/c1-5-7-8-9-10-11-12-13-14-15-16-17-18-19-20-21-22-23-27-28(6-2)24-25-29(27)26(3)4/h24-26H,5-23H2,1-4H3/q+1. The summed E-state index contributed by atoms with van der Waals surface area (Å²) in [5.41, 5.74) is 0. The van der Waals surface area contributed by atoms with Crippen LogP contribution in [0.25, 0.3) is 0 Å². The third-order valence-corrected chi connectivity index (χ3v) is 6.44. The number of aromatic nitrogens is 2. The Morgan fingerprint density at radius 1 is 0.655 bits per heavy atom. The van der Waals surface area contributed by atoms with Crippen molar-refractivity contribution in [1.82, 2.24) is 4.57 Å². The average molecular weight is 406 g/mol. The number of rotatable bonds is 20. The van der Waals surface area contributed by atoms with E-state index in [1.54, 1.807) is 0 Å². The topological polar surface area (TPSA) is 8.81 Å². The highest BCUT2D eigenvalue weighted by atomic mass is 15.2. The molecule has 1 aromatic rings. The fourth-order valence-electron chi connectivity index (χ4n) is 4.51. The van der Waals surface area contributed by atoms with Gasteiger partial charge in [-0.2, -0.15) is 0 Å². The van der Waals surface area contributed by atoms with E-state index in [2.05, 4.69) is 49.2 Å². The molecule has 1 rings (SSSR count). The summed E-state index contributed by atoms with van der Waals surface area (Å²) < 4.78 is 4.88. The Morgan fingerprint density at radius 3 is 1.45 bits per heavy atom. The Morgan fingerprint density at radius 2 is 1.07 bits per heavy atom. The molecule has 0 atom stereocenters. The SMILES string of the molecule is CCCCCCCCCCCCCCCCCCCc1n(C(C)C)cc[n+]1CC. The van der Waals surface area contributed by atoms with Crippen LogP contribution in [0.3, 0.4) is 0 Å². The lowest BCUT2D eigenvalue weighted by Gasteiger charge is -2.07. The van der Waals surface area contributed by atoms with Gasteiger partial charge in [-0.1, -0.05) is 110 Å². The van der Waals surface area contributed by atoms with Gasteiger partial charge in [0.15, 0.2) is 0 Å². The number of nitrogens with zero attached hydrogens (tertiary/aromatic N) is 2. The van der Waals surface area contributed by atoms with Crippen LogP contribution in [-0.4, -0.2) is 4.57 Å². The smallest absolute Gasteiger partial charge is 0.235 e. The number of hydrogen-bond donors (Lipinski definition) is 0. The summed E-state index contributed by atoms with van der Waals surface area (Å²) in [6.07, 6.45) is 30.3. The fourth-order valence-corrected chi connectivity index (χ4v) is 4.51. The van der Waals surface area contributed by atoms with Gasteiger partial charge in [0.2, 0.25) is 0 Å². The molecule has 2 nitrogen and oxygen atoms in total. The van der Waals surface area contributed by atoms with Crippen molar-refractivity contribution in [1.29, 1.82) is 0 Å². The summed E-state index contributed by atoms with van der Waals surface area (Å²) >= 11 is 0. The molecular weight excluding hydrogens is 352 g/mol. The zero-order valence-electron chi connectivity index (χ0n) is 20.6. The molecule has 0 unspecified atom stereocenters. The lowest BCUT2D eigenvalue weighted by molar-refractivity contribution is -0.700. The van der Waals surface area contributed by atoms with Gasteiger partial charge >= 0.3 is 0 Å². The van der Waals surface area contributed by atoms with Gasteiger partial charge in [0, 0.05) is 6.42 Å². The molecule has 0 radical (unpaired) electrons. The Hall–Kier alpha value is -0.790. The van der Waals surface area contributed by atoms with Crippen molar-refractivity contribution < 1.29 is 4.57 Å². The molecule has 1 heterocycles. The van der Waals surface area contributed by atoms with E-state index in [1.807, 2.05) is 0 Å². The quantitative estimate of drug-likeness (QED) is 0.152. The van der Waals surface area contributed by atoms with Crippen molar-refractivity contribution in [2.75, 3.05) is 0 Å². The minimum absolute atomic E-state index is 0.573. The molecule has 0 saturated heterocycles. The zero-order chi connectivity index (χ0) is 21.2. The molecular formula is C27H53N2+. The van der Waals surface area contributed by atoms with Crippen LogP contribution in [-0.2, 0) is 13.0 Å². The first kappa shape index (κ1) is 26.2.